The Bertz CT molecular complexity index is 332. The zero-order chi connectivity index (χ0) is 12.0. The molecule has 0 aromatic carbocycles. The maximum atomic E-state index is 10.5. The Morgan fingerprint density at radius 3 is 2.75 bits per heavy atom. The van der Waals surface area contributed by atoms with Crippen LogP contribution in [0.5, 0.6) is 0 Å². The standard InChI is InChI=1S/C11H15ClN2O2/c1-14(8-10(12)11(15)16)7-4-9-2-5-13-6-3-9/h2-3,5-6,10H,4,7-8H2,1H3,(H,15,16). The van der Waals surface area contributed by atoms with Gasteiger partial charge in [-0.15, -0.1) is 11.6 Å². The second kappa shape index (κ2) is 6.45. The topological polar surface area (TPSA) is 53.4 Å². The fourth-order valence-electron chi connectivity index (χ4n) is 1.31. The molecule has 0 saturated carbocycles. The van der Waals surface area contributed by atoms with Crippen LogP contribution in [0.3, 0.4) is 0 Å². The lowest BCUT2D eigenvalue weighted by molar-refractivity contribution is -0.136. The zero-order valence-electron chi connectivity index (χ0n) is 9.14. The summed E-state index contributed by atoms with van der Waals surface area (Å²) in [5.41, 5.74) is 1.18. The van der Waals surface area contributed by atoms with E-state index in [1.54, 1.807) is 12.4 Å². The van der Waals surface area contributed by atoms with E-state index in [0.717, 1.165) is 13.0 Å². The summed E-state index contributed by atoms with van der Waals surface area (Å²) < 4.78 is 0. The quantitative estimate of drug-likeness (QED) is 0.763. The smallest absolute Gasteiger partial charge is 0.322 e. The van der Waals surface area contributed by atoms with E-state index >= 15 is 0 Å². The molecule has 0 saturated heterocycles. The van der Waals surface area contributed by atoms with Crippen molar-refractivity contribution >= 4 is 17.6 Å². The summed E-state index contributed by atoms with van der Waals surface area (Å²) >= 11 is 5.64. The number of carboxylic acid groups (broad SMARTS) is 1. The Morgan fingerprint density at radius 1 is 1.56 bits per heavy atom. The Labute approximate surface area is 99.9 Å². The summed E-state index contributed by atoms with van der Waals surface area (Å²) in [6, 6.07) is 3.90. The predicted octanol–water partition coefficient (Wildman–Crippen LogP) is 1.25. The number of aliphatic carboxylic acids is 1. The number of likely N-dealkylation sites (N-methyl/N-ethyl adjacent to an activating group) is 1. The number of hydrogen-bond acceptors (Lipinski definition) is 3. The minimum absolute atomic E-state index is 0.349. The summed E-state index contributed by atoms with van der Waals surface area (Å²) in [6.07, 6.45) is 4.36. The molecule has 4 nitrogen and oxygen atoms in total. The first-order chi connectivity index (χ1) is 7.59. The van der Waals surface area contributed by atoms with Crippen molar-refractivity contribution in [1.29, 1.82) is 0 Å². The van der Waals surface area contributed by atoms with Crippen molar-refractivity contribution in [3.05, 3.63) is 30.1 Å². The molecule has 1 aromatic heterocycles. The van der Waals surface area contributed by atoms with Crippen LogP contribution in [0, 0.1) is 0 Å². The Morgan fingerprint density at radius 2 is 2.19 bits per heavy atom. The van der Waals surface area contributed by atoms with Crippen molar-refractivity contribution in [3.63, 3.8) is 0 Å². The fourth-order valence-corrected chi connectivity index (χ4v) is 1.55. The average Bonchev–Trinajstić information content (AvgIpc) is 2.27. The van der Waals surface area contributed by atoms with Gasteiger partial charge in [-0.05, 0) is 31.2 Å². The van der Waals surface area contributed by atoms with Gasteiger partial charge in [0, 0.05) is 25.5 Å². The highest BCUT2D eigenvalue weighted by atomic mass is 35.5. The predicted molar refractivity (Wildman–Crippen MR) is 62.7 cm³/mol. The van der Waals surface area contributed by atoms with Crippen molar-refractivity contribution in [3.8, 4) is 0 Å². The number of alkyl halides is 1. The number of halogens is 1. The van der Waals surface area contributed by atoms with Gasteiger partial charge in [-0.2, -0.15) is 0 Å². The van der Waals surface area contributed by atoms with Crippen molar-refractivity contribution in [2.75, 3.05) is 20.1 Å². The molecule has 0 aliphatic heterocycles. The number of rotatable bonds is 6. The van der Waals surface area contributed by atoms with Gasteiger partial charge < -0.3 is 10.0 Å². The molecular weight excluding hydrogens is 228 g/mol. The number of hydrogen-bond donors (Lipinski definition) is 1. The van der Waals surface area contributed by atoms with Crippen molar-refractivity contribution in [2.45, 2.75) is 11.8 Å². The number of nitrogens with zero attached hydrogens (tertiary/aromatic N) is 2. The molecule has 1 heterocycles. The van der Waals surface area contributed by atoms with Crippen LogP contribution in [0.1, 0.15) is 5.56 Å². The third-order valence-electron chi connectivity index (χ3n) is 2.27. The van der Waals surface area contributed by atoms with Crippen LogP contribution < -0.4 is 0 Å². The molecule has 0 fully saturated rings. The fraction of sp³-hybridized carbons (Fsp3) is 0.455. The van der Waals surface area contributed by atoms with E-state index in [9.17, 15) is 4.79 Å². The Kier molecular flexibility index (Phi) is 5.22. The average molecular weight is 243 g/mol. The van der Waals surface area contributed by atoms with Crippen LogP contribution in [0.25, 0.3) is 0 Å². The maximum Gasteiger partial charge on any atom is 0.322 e. The number of aromatic nitrogens is 1. The SMILES string of the molecule is CN(CCc1ccncc1)CC(Cl)C(=O)O. The van der Waals surface area contributed by atoms with Gasteiger partial charge in [0.15, 0.2) is 0 Å². The molecule has 0 aliphatic rings. The molecule has 16 heavy (non-hydrogen) atoms. The highest BCUT2D eigenvalue weighted by Gasteiger charge is 2.15. The minimum Gasteiger partial charge on any atom is -0.480 e. The van der Waals surface area contributed by atoms with Crippen LogP contribution in [-0.2, 0) is 11.2 Å². The summed E-state index contributed by atoms with van der Waals surface area (Å²) in [5, 5.41) is 7.80. The first-order valence-corrected chi connectivity index (χ1v) is 5.47. The molecule has 0 aliphatic carbocycles. The van der Waals surface area contributed by atoms with E-state index in [4.69, 9.17) is 16.7 Å². The van der Waals surface area contributed by atoms with Crippen LogP contribution in [0.2, 0.25) is 0 Å². The van der Waals surface area contributed by atoms with E-state index < -0.39 is 11.3 Å². The second-order valence-electron chi connectivity index (χ2n) is 3.67. The van der Waals surface area contributed by atoms with Crippen LogP contribution in [0.15, 0.2) is 24.5 Å². The van der Waals surface area contributed by atoms with E-state index in [1.165, 1.54) is 5.56 Å². The summed E-state index contributed by atoms with van der Waals surface area (Å²) in [7, 11) is 1.86. The summed E-state index contributed by atoms with van der Waals surface area (Å²) in [5.74, 6) is -0.975. The third-order valence-corrected chi connectivity index (χ3v) is 2.60. The normalized spacial score (nSPS) is 12.7. The Balaban J connectivity index is 2.30. The Hall–Kier alpha value is -1.13. The largest absolute Gasteiger partial charge is 0.480 e. The van der Waals surface area contributed by atoms with Gasteiger partial charge in [-0.3, -0.25) is 9.78 Å². The summed E-state index contributed by atoms with van der Waals surface area (Å²) in [6.45, 7) is 1.13. The van der Waals surface area contributed by atoms with E-state index in [2.05, 4.69) is 4.98 Å². The molecule has 1 atom stereocenters. The monoisotopic (exact) mass is 242 g/mol. The lowest BCUT2D eigenvalue weighted by Crippen LogP contribution is -2.32. The van der Waals surface area contributed by atoms with Gasteiger partial charge >= 0.3 is 5.97 Å². The van der Waals surface area contributed by atoms with E-state index in [0.29, 0.717) is 6.54 Å². The molecule has 1 aromatic rings. The van der Waals surface area contributed by atoms with Gasteiger partial charge in [-0.1, -0.05) is 0 Å². The molecule has 0 bridgehead atoms. The van der Waals surface area contributed by atoms with Crippen LogP contribution in [0.4, 0.5) is 0 Å². The molecule has 1 N–H and O–H groups in total. The number of carboxylic acids is 1. The van der Waals surface area contributed by atoms with Gasteiger partial charge in [0.2, 0.25) is 0 Å². The number of pyridine rings is 1. The van der Waals surface area contributed by atoms with Gasteiger partial charge in [0.1, 0.15) is 5.38 Å². The van der Waals surface area contributed by atoms with E-state index in [1.807, 2.05) is 24.1 Å². The second-order valence-corrected chi connectivity index (χ2v) is 4.20. The zero-order valence-corrected chi connectivity index (χ0v) is 9.89. The molecular formula is C11H15ClN2O2. The van der Waals surface area contributed by atoms with Crippen molar-refractivity contribution in [1.82, 2.24) is 9.88 Å². The summed E-state index contributed by atoms with van der Waals surface area (Å²) in [4.78, 5) is 16.4. The van der Waals surface area contributed by atoms with Gasteiger partial charge in [0.25, 0.3) is 0 Å². The van der Waals surface area contributed by atoms with E-state index in [-0.39, 0.29) is 0 Å². The highest BCUT2D eigenvalue weighted by Crippen LogP contribution is 2.02. The molecule has 5 heteroatoms. The minimum atomic E-state index is -0.975. The van der Waals surface area contributed by atoms with Gasteiger partial charge in [-0.25, -0.2) is 0 Å². The first-order valence-electron chi connectivity index (χ1n) is 5.04. The third kappa shape index (κ3) is 4.59. The van der Waals surface area contributed by atoms with Crippen molar-refractivity contribution in [2.24, 2.45) is 0 Å². The highest BCUT2D eigenvalue weighted by molar-refractivity contribution is 6.29. The van der Waals surface area contributed by atoms with Crippen LogP contribution in [-0.4, -0.2) is 46.5 Å². The first kappa shape index (κ1) is 12.9. The molecule has 0 spiro atoms. The lowest BCUT2D eigenvalue weighted by atomic mass is 10.2. The molecule has 0 amide bonds. The van der Waals surface area contributed by atoms with Gasteiger partial charge in [0.05, 0.1) is 0 Å². The molecule has 1 unspecified atom stereocenters. The molecule has 88 valence electrons. The molecule has 1 rings (SSSR count). The molecule has 0 radical (unpaired) electrons. The van der Waals surface area contributed by atoms with Crippen LogP contribution >= 0.6 is 11.6 Å². The lowest BCUT2D eigenvalue weighted by Gasteiger charge is -2.17. The van der Waals surface area contributed by atoms with Crippen molar-refractivity contribution < 1.29 is 9.90 Å². The number of carbonyl (C=O) groups is 1. The maximum absolute atomic E-state index is 10.5.